The van der Waals surface area contributed by atoms with Crippen molar-refractivity contribution < 1.29 is 14.6 Å². The van der Waals surface area contributed by atoms with Crippen molar-refractivity contribution in [2.24, 2.45) is 0 Å². The van der Waals surface area contributed by atoms with Crippen molar-refractivity contribution in [2.75, 3.05) is 13.7 Å². The summed E-state index contributed by atoms with van der Waals surface area (Å²) < 4.78 is 5.25. The molecule has 7 heteroatoms. The van der Waals surface area contributed by atoms with E-state index in [0.717, 1.165) is 27.9 Å². The number of hydrogen-bond donors (Lipinski definition) is 4. The van der Waals surface area contributed by atoms with E-state index in [2.05, 4.69) is 15.6 Å². The van der Waals surface area contributed by atoms with Crippen LogP contribution in [0.3, 0.4) is 0 Å². The quantitative estimate of drug-likeness (QED) is 0.316. The van der Waals surface area contributed by atoms with Gasteiger partial charge in [0, 0.05) is 0 Å². The van der Waals surface area contributed by atoms with E-state index >= 15 is 0 Å². The monoisotopic (exact) mass is 444 g/mol. The highest BCUT2D eigenvalue weighted by atomic mass is 16.5. The minimum absolute atomic E-state index is 0.157. The zero-order valence-electron chi connectivity index (χ0n) is 18.5. The summed E-state index contributed by atoms with van der Waals surface area (Å²) in [7, 11) is 1.63. The fraction of sp³-hybridized carbons (Fsp3) is 0.231. The number of aliphatic hydroxyl groups excluding tert-OH is 1. The molecular weight excluding hydrogens is 416 g/mol. The Hall–Kier alpha value is -3.84. The van der Waals surface area contributed by atoms with Gasteiger partial charge in [0.15, 0.2) is 0 Å². The fourth-order valence-corrected chi connectivity index (χ4v) is 3.80. The number of aromatic nitrogens is 2. The van der Waals surface area contributed by atoms with Crippen LogP contribution in [0.1, 0.15) is 23.0 Å². The maximum Gasteiger partial charge on any atom is 0.315 e. The number of nitrogens with one attached hydrogen (secondary N) is 3. The normalized spacial score (nSPS) is 12.8. The van der Waals surface area contributed by atoms with Crippen LogP contribution in [0.15, 0.2) is 78.9 Å². The van der Waals surface area contributed by atoms with Crippen molar-refractivity contribution in [1.29, 1.82) is 0 Å². The van der Waals surface area contributed by atoms with E-state index < -0.39 is 6.04 Å². The molecule has 4 N–H and O–H groups in total. The van der Waals surface area contributed by atoms with Gasteiger partial charge in [-0.25, -0.2) is 9.78 Å². The number of rotatable bonds is 9. The van der Waals surface area contributed by atoms with Crippen LogP contribution < -0.4 is 15.4 Å². The largest absolute Gasteiger partial charge is 0.497 e. The minimum atomic E-state index is -0.398. The average molecular weight is 445 g/mol. The van der Waals surface area contributed by atoms with Crippen molar-refractivity contribution in [1.82, 2.24) is 20.6 Å². The number of imidazole rings is 1. The first-order chi connectivity index (χ1) is 16.1. The van der Waals surface area contributed by atoms with E-state index in [4.69, 9.17) is 9.72 Å². The second-order valence-corrected chi connectivity index (χ2v) is 7.93. The van der Waals surface area contributed by atoms with Gasteiger partial charge in [-0.3, -0.25) is 0 Å². The predicted octanol–water partition coefficient (Wildman–Crippen LogP) is 3.76. The summed E-state index contributed by atoms with van der Waals surface area (Å²) in [5.74, 6) is 1.45. The fourth-order valence-electron chi connectivity index (χ4n) is 3.80. The molecule has 0 fully saturated rings. The molecule has 0 aliphatic heterocycles. The van der Waals surface area contributed by atoms with Gasteiger partial charge in [-0.1, -0.05) is 54.6 Å². The maximum absolute atomic E-state index is 12.9. The number of aromatic amines is 1. The predicted molar refractivity (Wildman–Crippen MR) is 128 cm³/mol. The molecule has 170 valence electrons. The zero-order valence-corrected chi connectivity index (χ0v) is 18.5. The van der Waals surface area contributed by atoms with E-state index in [1.54, 1.807) is 7.11 Å². The summed E-state index contributed by atoms with van der Waals surface area (Å²) in [6, 6.07) is 24.1. The molecule has 1 aromatic heterocycles. The van der Waals surface area contributed by atoms with Crippen molar-refractivity contribution in [3.8, 4) is 5.75 Å². The van der Waals surface area contributed by atoms with Crippen molar-refractivity contribution in [3.05, 3.63) is 95.8 Å². The van der Waals surface area contributed by atoms with Crippen LogP contribution in [0, 0.1) is 0 Å². The number of urea groups is 1. The average Bonchev–Trinajstić information content (AvgIpc) is 3.29. The second kappa shape index (κ2) is 10.7. The molecule has 33 heavy (non-hydrogen) atoms. The number of amides is 2. The molecule has 3 aromatic carbocycles. The number of carbonyl (C=O) groups is 1. The van der Waals surface area contributed by atoms with Gasteiger partial charge in [-0.2, -0.15) is 0 Å². The van der Waals surface area contributed by atoms with Crippen molar-refractivity contribution >= 4 is 17.1 Å². The topological polar surface area (TPSA) is 99.3 Å². The minimum Gasteiger partial charge on any atom is -0.497 e. The Morgan fingerprint density at radius 2 is 1.64 bits per heavy atom. The molecule has 0 aliphatic carbocycles. The summed E-state index contributed by atoms with van der Waals surface area (Å²) >= 11 is 0. The lowest BCUT2D eigenvalue weighted by Gasteiger charge is -2.21. The lowest BCUT2D eigenvalue weighted by molar-refractivity contribution is 0.212. The zero-order chi connectivity index (χ0) is 23.0. The Morgan fingerprint density at radius 3 is 2.33 bits per heavy atom. The molecule has 4 aromatic rings. The Morgan fingerprint density at radius 1 is 0.939 bits per heavy atom. The van der Waals surface area contributed by atoms with Gasteiger partial charge in [-0.05, 0) is 48.2 Å². The Balaban J connectivity index is 1.51. The summed E-state index contributed by atoms with van der Waals surface area (Å²) in [6.45, 7) is -0.157. The molecule has 0 bridgehead atoms. The van der Waals surface area contributed by atoms with E-state index in [9.17, 15) is 9.90 Å². The smallest absolute Gasteiger partial charge is 0.315 e. The lowest BCUT2D eigenvalue weighted by Crippen LogP contribution is -2.46. The molecule has 4 rings (SSSR count). The molecule has 2 atom stereocenters. The first kappa shape index (κ1) is 22.4. The lowest BCUT2D eigenvalue weighted by atomic mass is 10.0. The maximum atomic E-state index is 12.9. The van der Waals surface area contributed by atoms with Crippen LogP contribution in [0.2, 0.25) is 0 Å². The van der Waals surface area contributed by atoms with Gasteiger partial charge in [0.2, 0.25) is 0 Å². The third-order valence-electron chi connectivity index (χ3n) is 5.52. The number of H-pyrrole nitrogens is 1. The number of ether oxygens (including phenoxy) is 1. The van der Waals surface area contributed by atoms with Gasteiger partial charge in [0.25, 0.3) is 0 Å². The molecule has 2 amide bonds. The van der Waals surface area contributed by atoms with E-state index in [0.29, 0.717) is 18.7 Å². The number of hydrogen-bond acceptors (Lipinski definition) is 4. The number of benzene rings is 3. The summed E-state index contributed by atoms with van der Waals surface area (Å²) in [5, 5.41) is 15.7. The number of methoxy groups -OCH3 is 1. The molecule has 7 nitrogen and oxygen atoms in total. The van der Waals surface area contributed by atoms with Crippen molar-refractivity contribution in [2.45, 2.75) is 24.9 Å². The summed E-state index contributed by atoms with van der Waals surface area (Å²) in [6.07, 6.45) is 1.08. The first-order valence-corrected chi connectivity index (χ1v) is 10.9. The molecule has 0 aliphatic rings. The summed E-state index contributed by atoms with van der Waals surface area (Å²) in [4.78, 5) is 20.9. The number of aliphatic hydroxyl groups is 1. The van der Waals surface area contributed by atoms with Crippen LogP contribution in [-0.2, 0) is 12.8 Å². The molecule has 0 saturated heterocycles. The number of carbonyl (C=O) groups excluding carboxylic acids is 1. The Labute approximate surface area is 192 Å². The van der Waals surface area contributed by atoms with Crippen LogP contribution in [-0.4, -0.2) is 40.9 Å². The molecule has 1 unspecified atom stereocenters. The molecule has 0 saturated carbocycles. The van der Waals surface area contributed by atoms with Gasteiger partial charge in [-0.15, -0.1) is 0 Å². The van der Waals surface area contributed by atoms with E-state index in [-0.39, 0.29) is 18.7 Å². The van der Waals surface area contributed by atoms with Gasteiger partial charge < -0.3 is 25.5 Å². The van der Waals surface area contributed by atoms with Gasteiger partial charge in [0.1, 0.15) is 11.6 Å². The molecular formula is C26H28N4O3. The molecule has 0 radical (unpaired) electrons. The summed E-state index contributed by atoms with van der Waals surface area (Å²) in [5.41, 5.74) is 3.83. The van der Waals surface area contributed by atoms with Crippen molar-refractivity contribution in [3.63, 3.8) is 0 Å². The molecule has 1 heterocycles. The van der Waals surface area contributed by atoms with E-state index in [1.807, 2.05) is 78.9 Å². The highest BCUT2D eigenvalue weighted by Gasteiger charge is 2.21. The number of fused-ring (bicyclic) bond motifs is 1. The number of para-hydroxylation sites is 2. The number of nitrogens with zero attached hydrogens (tertiary/aromatic N) is 1. The van der Waals surface area contributed by atoms with Gasteiger partial charge >= 0.3 is 6.03 Å². The van der Waals surface area contributed by atoms with E-state index in [1.165, 1.54) is 0 Å². The molecule has 0 spiro atoms. The Kier molecular flexibility index (Phi) is 7.22. The van der Waals surface area contributed by atoms with Crippen LogP contribution in [0.5, 0.6) is 5.75 Å². The first-order valence-electron chi connectivity index (χ1n) is 10.9. The van der Waals surface area contributed by atoms with Crippen LogP contribution in [0.4, 0.5) is 4.79 Å². The Bertz CT molecular complexity index is 1140. The highest BCUT2D eigenvalue weighted by molar-refractivity contribution is 5.76. The third kappa shape index (κ3) is 5.90. The standard InChI is InChI=1S/C26H28N4O3/c1-33-21-13-11-19(12-14-21)16-24(25-28-22-9-5-6-10-23(22)29-25)30-26(32)27-20(17-31)15-18-7-3-2-4-8-18/h2-14,20,24,31H,15-17H2,1H3,(H,28,29)(H2,27,30,32)/t20?,24-/m1/s1. The second-order valence-electron chi connectivity index (χ2n) is 7.93. The highest BCUT2D eigenvalue weighted by Crippen LogP contribution is 2.21. The third-order valence-corrected chi connectivity index (χ3v) is 5.52. The van der Waals surface area contributed by atoms with Gasteiger partial charge in [0.05, 0.1) is 36.8 Å². The van der Waals surface area contributed by atoms with Crippen LogP contribution >= 0.6 is 0 Å². The SMILES string of the molecule is COc1ccc(C[C@@H](NC(=O)NC(CO)Cc2ccccc2)c2nc3ccccc3[nH]2)cc1. The van der Waals surface area contributed by atoms with Crippen LogP contribution in [0.25, 0.3) is 11.0 Å².